The first-order chi connectivity index (χ1) is 10.1. The highest BCUT2D eigenvalue weighted by atomic mass is 35.5. The second-order valence-electron chi connectivity index (χ2n) is 5.05. The highest BCUT2D eigenvalue weighted by Gasteiger charge is 2.32. The van der Waals surface area contributed by atoms with E-state index in [0.717, 1.165) is 17.2 Å². The molecule has 0 aromatic heterocycles. The van der Waals surface area contributed by atoms with Crippen LogP contribution in [-0.4, -0.2) is 17.1 Å². The van der Waals surface area contributed by atoms with Crippen LogP contribution in [0.15, 0.2) is 42.5 Å². The SMILES string of the molecule is O=C(NC1c2ccccc2CC1O)c1ccc(F)c(Cl)c1. The van der Waals surface area contributed by atoms with Gasteiger partial charge in [0.25, 0.3) is 5.91 Å². The number of halogens is 2. The number of carbonyl (C=O) groups excluding carboxylic acids is 1. The van der Waals surface area contributed by atoms with E-state index in [-0.39, 0.29) is 10.6 Å². The Balaban J connectivity index is 1.83. The maximum Gasteiger partial charge on any atom is 0.251 e. The first-order valence-electron chi connectivity index (χ1n) is 6.58. The lowest BCUT2D eigenvalue weighted by Gasteiger charge is -2.18. The van der Waals surface area contributed by atoms with Gasteiger partial charge in [-0.25, -0.2) is 4.39 Å². The second-order valence-corrected chi connectivity index (χ2v) is 5.46. The molecule has 1 amide bonds. The van der Waals surface area contributed by atoms with E-state index in [4.69, 9.17) is 11.6 Å². The Kier molecular flexibility index (Phi) is 3.66. The molecule has 0 saturated carbocycles. The summed E-state index contributed by atoms with van der Waals surface area (Å²) in [6.07, 6.45) is -0.159. The van der Waals surface area contributed by atoms with E-state index in [1.54, 1.807) is 0 Å². The van der Waals surface area contributed by atoms with Crippen LogP contribution in [0.2, 0.25) is 5.02 Å². The molecule has 2 atom stereocenters. The molecule has 0 bridgehead atoms. The summed E-state index contributed by atoms with van der Waals surface area (Å²) >= 11 is 5.68. The Morgan fingerprint density at radius 2 is 2.05 bits per heavy atom. The molecule has 2 aromatic carbocycles. The highest BCUT2D eigenvalue weighted by molar-refractivity contribution is 6.31. The molecule has 108 valence electrons. The summed E-state index contributed by atoms with van der Waals surface area (Å²) in [4.78, 5) is 12.2. The van der Waals surface area contributed by atoms with Crippen molar-refractivity contribution in [1.82, 2.24) is 5.32 Å². The van der Waals surface area contributed by atoms with Crippen molar-refractivity contribution in [3.63, 3.8) is 0 Å². The van der Waals surface area contributed by atoms with E-state index in [1.807, 2.05) is 24.3 Å². The van der Waals surface area contributed by atoms with E-state index in [2.05, 4.69) is 5.32 Å². The number of benzene rings is 2. The normalized spacial score (nSPS) is 20.1. The third kappa shape index (κ3) is 2.64. The minimum absolute atomic E-state index is 0.102. The molecule has 0 heterocycles. The standard InChI is InChI=1S/C16H13ClFNO2/c17-12-7-10(5-6-13(12)18)16(21)19-15-11-4-2-1-3-9(11)8-14(15)20/h1-7,14-15,20H,8H2,(H,19,21). The number of aliphatic hydroxyl groups is 1. The second kappa shape index (κ2) is 5.47. The number of hydrogen-bond donors (Lipinski definition) is 2. The number of hydrogen-bond acceptors (Lipinski definition) is 2. The lowest BCUT2D eigenvalue weighted by Crippen LogP contribution is -2.33. The van der Waals surface area contributed by atoms with E-state index in [9.17, 15) is 14.3 Å². The summed E-state index contributed by atoms with van der Waals surface area (Å²) in [5.41, 5.74) is 2.19. The summed E-state index contributed by atoms with van der Waals surface area (Å²) < 4.78 is 13.1. The molecule has 0 saturated heterocycles. The van der Waals surface area contributed by atoms with Crippen molar-refractivity contribution in [3.05, 3.63) is 70.0 Å². The van der Waals surface area contributed by atoms with Crippen molar-refractivity contribution in [1.29, 1.82) is 0 Å². The van der Waals surface area contributed by atoms with Crippen molar-refractivity contribution in [3.8, 4) is 0 Å². The van der Waals surface area contributed by atoms with Crippen LogP contribution in [0, 0.1) is 5.82 Å². The molecule has 2 N–H and O–H groups in total. The molecule has 0 fully saturated rings. The van der Waals surface area contributed by atoms with Gasteiger partial charge < -0.3 is 10.4 Å². The summed E-state index contributed by atoms with van der Waals surface area (Å²) in [7, 11) is 0. The van der Waals surface area contributed by atoms with Gasteiger partial charge in [-0.2, -0.15) is 0 Å². The lowest BCUT2D eigenvalue weighted by atomic mass is 10.1. The number of carbonyl (C=O) groups is 1. The van der Waals surface area contributed by atoms with E-state index >= 15 is 0 Å². The van der Waals surface area contributed by atoms with Gasteiger partial charge in [0, 0.05) is 12.0 Å². The van der Waals surface area contributed by atoms with Gasteiger partial charge in [-0.1, -0.05) is 35.9 Å². The van der Waals surface area contributed by atoms with Gasteiger partial charge in [0.2, 0.25) is 0 Å². The van der Waals surface area contributed by atoms with Crippen molar-refractivity contribution in [2.24, 2.45) is 0 Å². The van der Waals surface area contributed by atoms with Crippen LogP contribution < -0.4 is 5.32 Å². The van der Waals surface area contributed by atoms with Crippen LogP contribution in [0.25, 0.3) is 0 Å². The minimum Gasteiger partial charge on any atom is -0.390 e. The van der Waals surface area contributed by atoms with Crippen LogP contribution in [0.4, 0.5) is 4.39 Å². The van der Waals surface area contributed by atoms with E-state index in [0.29, 0.717) is 6.42 Å². The van der Waals surface area contributed by atoms with Gasteiger partial charge in [-0.05, 0) is 29.3 Å². The van der Waals surface area contributed by atoms with E-state index < -0.39 is 23.9 Å². The zero-order valence-electron chi connectivity index (χ0n) is 11.0. The molecule has 5 heteroatoms. The third-order valence-corrected chi connectivity index (χ3v) is 3.96. The number of amides is 1. The smallest absolute Gasteiger partial charge is 0.251 e. The van der Waals surface area contributed by atoms with E-state index in [1.165, 1.54) is 12.1 Å². The Morgan fingerprint density at radius 3 is 2.81 bits per heavy atom. The molecule has 3 nitrogen and oxygen atoms in total. The molecule has 0 aliphatic heterocycles. The van der Waals surface area contributed by atoms with Crippen LogP contribution >= 0.6 is 11.6 Å². The van der Waals surface area contributed by atoms with Gasteiger partial charge in [0.15, 0.2) is 0 Å². The highest BCUT2D eigenvalue weighted by Crippen LogP contribution is 2.31. The Bertz CT molecular complexity index is 704. The molecule has 21 heavy (non-hydrogen) atoms. The van der Waals surface area contributed by atoms with Crippen molar-refractivity contribution >= 4 is 17.5 Å². The maximum atomic E-state index is 13.1. The predicted octanol–water partition coefficient (Wildman–Crippen LogP) is 2.87. The molecule has 2 aromatic rings. The number of aliphatic hydroxyl groups excluding tert-OH is 1. The third-order valence-electron chi connectivity index (χ3n) is 3.67. The predicted molar refractivity (Wildman–Crippen MR) is 77.8 cm³/mol. The zero-order chi connectivity index (χ0) is 15.0. The Labute approximate surface area is 126 Å². The molecule has 0 radical (unpaired) electrons. The molecule has 2 unspecified atom stereocenters. The average Bonchev–Trinajstić information content (AvgIpc) is 2.78. The van der Waals surface area contributed by atoms with Crippen LogP contribution in [0.1, 0.15) is 27.5 Å². The summed E-state index contributed by atoms with van der Waals surface area (Å²) in [6.45, 7) is 0. The summed E-state index contributed by atoms with van der Waals surface area (Å²) in [5, 5.41) is 12.8. The topological polar surface area (TPSA) is 49.3 Å². The Hall–Kier alpha value is -1.91. The summed E-state index contributed by atoms with van der Waals surface area (Å²) in [6, 6.07) is 10.9. The molecule has 3 rings (SSSR count). The van der Waals surface area contributed by atoms with Crippen LogP contribution in [0.5, 0.6) is 0 Å². The number of fused-ring (bicyclic) bond motifs is 1. The fourth-order valence-corrected chi connectivity index (χ4v) is 2.79. The number of nitrogens with one attached hydrogen (secondary N) is 1. The van der Waals surface area contributed by atoms with Crippen LogP contribution in [0.3, 0.4) is 0 Å². The Morgan fingerprint density at radius 1 is 1.29 bits per heavy atom. The van der Waals surface area contributed by atoms with Gasteiger partial charge in [0.1, 0.15) is 5.82 Å². The fraction of sp³-hybridized carbons (Fsp3) is 0.188. The molecular formula is C16H13ClFNO2. The minimum atomic E-state index is -0.665. The average molecular weight is 306 g/mol. The van der Waals surface area contributed by atoms with Crippen molar-refractivity contribution in [2.75, 3.05) is 0 Å². The van der Waals surface area contributed by atoms with Gasteiger partial charge >= 0.3 is 0 Å². The zero-order valence-corrected chi connectivity index (χ0v) is 11.8. The summed E-state index contributed by atoms with van der Waals surface area (Å²) in [5.74, 6) is -0.961. The van der Waals surface area contributed by atoms with Crippen LogP contribution in [-0.2, 0) is 6.42 Å². The van der Waals surface area contributed by atoms with Gasteiger partial charge in [-0.3, -0.25) is 4.79 Å². The van der Waals surface area contributed by atoms with Crippen molar-refractivity contribution in [2.45, 2.75) is 18.6 Å². The largest absolute Gasteiger partial charge is 0.390 e. The lowest BCUT2D eigenvalue weighted by molar-refractivity contribution is 0.0858. The molecule has 1 aliphatic rings. The first kappa shape index (κ1) is 14.0. The number of rotatable bonds is 2. The fourth-order valence-electron chi connectivity index (χ4n) is 2.61. The quantitative estimate of drug-likeness (QED) is 0.896. The molecular weight excluding hydrogens is 293 g/mol. The first-order valence-corrected chi connectivity index (χ1v) is 6.96. The van der Waals surface area contributed by atoms with Gasteiger partial charge in [0.05, 0.1) is 17.2 Å². The monoisotopic (exact) mass is 305 g/mol. The van der Waals surface area contributed by atoms with Gasteiger partial charge in [-0.15, -0.1) is 0 Å². The van der Waals surface area contributed by atoms with Crippen molar-refractivity contribution < 1.29 is 14.3 Å². The molecule has 1 aliphatic carbocycles. The molecule has 0 spiro atoms. The maximum absolute atomic E-state index is 13.1.